The lowest BCUT2D eigenvalue weighted by Crippen LogP contribution is -2.41. The van der Waals surface area contributed by atoms with E-state index < -0.39 is 12.2 Å². The molecule has 7 nitrogen and oxygen atoms in total. The maximum atomic E-state index is 13.8. The van der Waals surface area contributed by atoms with Gasteiger partial charge in [-0.15, -0.1) is 0 Å². The van der Waals surface area contributed by atoms with Crippen LogP contribution >= 0.6 is 0 Å². The Morgan fingerprint density at radius 2 is 2.03 bits per heavy atom. The summed E-state index contributed by atoms with van der Waals surface area (Å²) in [6.07, 6.45) is -1.31. The van der Waals surface area contributed by atoms with Gasteiger partial charge in [0.05, 0.1) is 23.0 Å². The predicted molar refractivity (Wildman–Crippen MR) is 105 cm³/mol. The number of halogens is 3. The van der Waals surface area contributed by atoms with Crippen LogP contribution in [0.1, 0.15) is 66.9 Å². The van der Waals surface area contributed by atoms with Crippen molar-refractivity contribution in [3.8, 4) is 0 Å². The first-order chi connectivity index (χ1) is 14.1. The van der Waals surface area contributed by atoms with Crippen LogP contribution in [-0.4, -0.2) is 49.1 Å². The molecule has 1 N–H and O–H groups in total. The van der Waals surface area contributed by atoms with Crippen LogP contribution in [0.4, 0.5) is 19.0 Å². The molecule has 1 saturated heterocycles. The molecule has 1 amide bonds. The third kappa shape index (κ3) is 3.56. The van der Waals surface area contributed by atoms with Gasteiger partial charge in [-0.1, -0.05) is 13.8 Å². The highest BCUT2D eigenvalue weighted by Crippen LogP contribution is 2.42. The number of aromatic nitrogens is 4. The van der Waals surface area contributed by atoms with E-state index in [2.05, 4.69) is 15.5 Å². The van der Waals surface area contributed by atoms with Gasteiger partial charge in [0.2, 0.25) is 0 Å². The van der Waals surface area contributed by atoms with E-state index in [0.717, 1.165) is 11.1 Å². The van der Waals surface area contributed by atoms with Crippen LogP contribution in [0.3, 0.4) is 0 Å². The molecule has 10 heteroatoms. The van der Waals surface area contributed by atoms with Crippen molar-refractivity contribution in [1.29, 1.82) is 0 Å². The van der Waals surface area contributed by atoms with Crippen LogP contribution in [0.2, 0.25) is 0 Å². The summed E-state index contributed by atoms with van der Waals surface area (Å²) in [5, 5.41) is 11.8. The molecular formula is C20H27F3N6O. The van der Waals surface area contributed by atoms with Gasteiger partial charge in [-0.05, 0) is 32.1 Å². The number of nitrogens with one attached hydrogen (secondary N) is 1. The van der Waals surface area contributed by atoms with E-state index >= 15 is 0 Å². The second-order valence-electron chi connectivity index (χ2n) is 8.65. The maximum absolute atomic E-state index is 13.8. The SMILES string of the molecule is Cc1nn(C)cc1C(=O)N1CCCC1c1cc2n(n1)[C@@H](C(F)(F)F)C[C@@H](C(C)C)N2. The molecule has 0 aromatic carbocycles. The number of fused-ring (bicyclic) bond motifs is 1. The zero-order chi connectivity index (χ0) is 21.8. The summed E-state index contributed by atoms with van der Waals surface area (Å²) in [4.78, 5) is 14.8. The molecule has 0 spiro atoms. The van der Waals surface area contributed by atoms with Crippen molar-refractivity contribution in [2.24, 2.45) is 13.0 Å². The summed E-state index contributed by atoms with van der Waals surface area (Å²) in [6.45, 7) is 6.14. The smallest absolute Gasteiger partial charge is 0.367 e. The quantitative estimate of drug-likeness (QED) is 0.813. The molecule has 2 aromatic rings. The number of aryl methyl sites for hydroxylation is 2. The van der Waals surface area contributed by atoms with E-state index in [9.17, 15) is 18.0 Å². The fourth-order valence-electron chi connectivity index (χ4n) is 4.50. The van der Waals surface area contributed by atoms with Gasteiger partial charge in [0.15, 0.2) is 6.04 Å². The molecule has 2 aliphatic rings. The minimum atomic E-state index is -4.38. The number of carbonyl (C=O) groups excluding carboxylic acids is 1. The van der Waals surface area contributed by atoms with Crippen LogP contribution in [0.15, 0.2) is 12.3 Å². The summed E-state index contributed by atoms with van der Waals surface area (Å²) in [7, 11) is 1.75. The number of amides is 1. The minimum Gasteiger partial charge on any atom is -0.367 e. The van der Waals surface area contributed by atoms with E-state index in [1.165, 1.54) is 0 Å². The first-order valence-corrected chi connectivity index (χ1v) is 10.3. The lowest BCUT2D eigenvalue weighted by Gasteiger charge is -2.35. The molecule has 4 heterocycles. The standard InChI is InChI=1S/C20H27F3N6O/c1-11(2)14-8-17(20(21,22)23)29-18(24-14)9-15(26-29)16-6-5-7-28(16)19(30)13-10-27(4)25-12(13)3/h9-11,14,16-17,24H,5-8H2,1-4H3/t14-,16?,17+/m0/s1. The Hall–Kier alpha value is -2.52. The first-order valence-electron chi connectivity index (χ1n) is 10.3. The van der Waals surface area contributed by atoms with Gasteiger partial charge in [0, 0.05) is 31.9 Å². The maximum Gasteiger partial charge on any atom is 0.410 e. The molecule has 0 bridgehead atoms. The van der Waals surface area contributed by atoms with Crippen molar-refractivity contribution in [3.05, 3.63) is 29.2 Å². The number of nitrogens with zero attached hydrogens (tertiary/aromatic N) is 5. The van der Waals surface area contributed by atoms with Gasteiger partial charge in [-0.2, -0.15) is 23.4 Å². The molecule has 2 aliphatic heterocycles. The summed E-state index contributed by atoms with van der Waals surface area (Å²) in [5.74, 6) is 0.267. The Morgan fingerprint density at radius 3 is 2.63 bits per heavy atom. The molecule has 2 aromatic heterocycles. The Balaban J connectivity index is 1.66. The number of rotatable bonds is 3. The van der Waals surface area contributed by atoms with Crippen LogP contribution in [0.25, 0.3) is 0 Å². The molecule has 30 heavy (non-hydrogen) atoms. The number of hydrogen-bond acceptors (Lipinski definition) is 4. The number of alkyl halides is 3. The van der Waals surface area contributed by atoms with Crippen molar-refractivity contribution in [3.63, 3.8) is 0 Å². The zero-order valence-corrected chi connectivity index (χ0v) is 17.6. The van der Waals surface area contributed by atoms with E-state index in [1.54, 1.807) is 35.8 Å². The van der Waals surface area contributed by atoms with Crippen molar-refractivity contribution in [2.45, 2.75) is 64.3 Å². The lowest BCUT2D eigenvalue weighted by molar-refractivity contribution is -0.174. The molecule has 164 valence electrons. The number of carbonyl (C=O) groups is 1. The Kier molecular flexibility index (Phi) is 5.06. The Morgan fingerprint density at radius 1 is 1.30 bits per heavy atom. The normalized spacial score (nSPS) is 24.3. The monoisotopic (exact) mass is 424 g/mol. The van der Waals surface area contributed by atoms with Gasteiger partial charge in [-0.25, -0.2) is 4.68 Å². The predicted octanol–water partition coefficient (Wildman–Crippen LogP) is 3.85. The van der Waals surface area contributed by atoms with Gasteiger partial charge < -0.3 is 10.2 Å². The largest absolute Gasteiger partial charge is 0.410 e. The topological polar surface area (TPSA) is 68.0 Å². The summed E-state index contributed by atoms with van der Waals surface area (Å²) < 4.78 is 43.9. The highest BCUT2D eigenvalue weighted by atomic mass is 19.4. The third-order valence-corrected chi connectivity index (χ3v) is 6.14. The van der Waals surface area contributed by atoms with E-state index in [1.807, 2.05) is 13.8 Å². The highest BCUT2D eigenvalue weighted by Gasteiger charge is 2.47. The second kappa shape index (κ2) is 7.31. The first kappa shape index (κ1) is 20.7. The van der Waals surface area contributed by atoms with Gasteiger partial charge >= 0.3 is 6.18 Å². The lowest BCUT2D eigenvalue weighted by atomic mass is 9.94. The average Bonchev–Trinajstić information content (AvgIpc) is 3.36. The van der Waals surface area contributed by atoms with Crippen molar-refractivity contribution in [1.82, 2.24) is 24.5 Å². The van der Waals surface area contributed by atoms with Gasteiger partial charge in [-0.3, -0.25) is 9.48 Å². The van der Waals surface area contributed by atoms with E-state index in [4.69, 9.17) is 0 Å². The highest BCUT2D eigenvalue weighted by molar-refractivity contribution is 5.95. The number of likely N-dealkylation sites (tertiary alicyclic amines) is 1. The fraction of sp³-hybridized carbons (Fsp3) is 0.650. The molecule has 3 atom stereocenters. The number of hydrogen-bond donors (Lipinski definition) is 1. The second-order valence-corrected chi connectivity index (χ2v) is 8.65. The van der Waals surface area contributed by atoms with Crippen LogP contribution < -0.4 is 5.32 Å². The zero-order valence-electron chi connectivity index (χ0n) is 17.6. The van der Waals surface area contributed by atoms with Crippen molar-refractivity contribution >= 4 is 11.7 Å². The summed E-state index contributed by atoms with van der Waals surface area (Å²) >= 11 is 0. The molecule has 0 radical (unpaired) electrons. The molecule has 0 saturated carbocycles. The molecular weight excluding hydrogens is 397 g/mol. The molecule has 1 unspecified atom stereocenters. The summed E-state index contributed by atoms with van der Waals surface area (Å²) in [5.41, 5.74) is 1.65. The minimum absolute atomic E-state index is 0.0556. The summed E-state index contributed by atoms with van der Waals surface area (Å²) in [6, 6.07) is -0.614. The Labute approximate surface area is 173 Å². The molecule has 0 aliphatic carbocycles. The van der Waals surface area contributed by atoms with Crippen LogP contribution in [0.5, 0.6) is 0 Å². The van der Waals surface area contributed by atoms with E-state index in [0.29, 0.717) is 35.7 Å². The van der Waals surface area contributed by atoms with Crippen molar-refractivity contribution < 1.29 is 18.0 Å². The molecule has 4 rings (SSSR count). The molecule has 1 fully saturated rings. The fourth-order valence-corrected chi connectivity index (χ4v) is 4.50. The van der Waals surface area contributed by atoms with Crippen LogP contribution in [-0.2, 0) is 7.05 Å². The van der Waals surface area contributed by atoms with Crippen LogP contribution in [0, 0.1) is 12.8 Å². The van der Waals surface area contributed by atoms with E-state index in [-0.39, 0.29) is 30.3 Å². The average molecular weight is 424 g/mol. The number of anilines is 1. The van der Waals surface area contributed by atoms with Gasteiger partial charge in [0.25, 0.3) is 5.91 Å². The Bertz CT molecular complexity index is 947. The van der Waals surface area contributed by atoms with Crippen molar-refractivity contribution in [2.75, 3.05) is 11.9 Å². The van der Waals surface area contributed by atoms with Gasteiger partial charge in [0.1, 0.15) is 5.82 Å². The third-order valence-electron chi connectivity index (χ3n) is 6.14.